The third-order valence-corrected chi connectivity index (χ3v) is 4.94. The van der Waals surface area contributed by atoms with Crippen molar-refractivity contribution in [1.82, 2.24) is 0 Å². The highest BCUT2D eigenvalue weighted by atomic mass is 35.5. The number of benzene rings is 1. The first kappa shape index (κ1) is 13.7. The molecule has 0 aromatic heterocycles. The molecule has 108 valence electrons. The fourth-order valence-corrected chi connectivity index (χ4v) is 3.68. The molecule has 4 heteroatoms. The number of hydrogen-bond acceptors (Lipinski definition) is 3. The maximum absolute atomic E-state index is 6.12. The molecule has 2 aliphatic rings. The molecule has 2 N–H and O–H groups in total. The Bertz CT molecular complexity index is 506. The maximum atomic E-state index is 6.12. The molecule has 3 rings (SSSR count). The SMILES string of the molecule is CC1CCC(C2CN=C(N)N2c2cccc(Cl)c2)CC1. The Kier molecular flexibility index (Phi) is 3.88. The van der Waals surface area contributed by atoms with E-state index in [4.69, 9.17) is 17.3 Å². The van der Waals surface area contributed by atoms with Gasteiger partial charge in [0.15, 0.2) is 5.96 Å². The van der Waals surface area contributed by atoms with Crippen LogP contribution in [0.4, 0.5) is 5.69 Å². The Labute approximate surface area is 125 Å². The first-order valence-corrected chi connectivity index (χ1v) is 7.87. The summed E-state index contributed by atoms with van der Waals surface area (Å²) in [6, 6.07) is 8.32. The quantitative estimate of drug-likeness (QED) is 0.903. The summed E-state index contributed by atoms with van der Waals surface area (Å²) in [5.41, 5.74) is 7.19. The van der Waals surface area contributed by atoms with Crippen LogP contribution < -0.4 is 10.6 Å². The Balaban J connectivity index is 1.81. The lowest BCUT2D eigenvalue weighted by molar-refractivity contribution is 0.261. The zero-order valence-corrected chi connectivity index (χ0v) is 12.7. The minimum atomic E-state index is 0.404. The van der Waals surface area contributed by atoms with Crippen molar-refractivity contribution in [2.75, 3.05) is 11.4 Å². The van der Waals surface area contributed by atoms with E-state index in [2.05, 4.69) is 22.9 Å². The number of halogens is 1. The Morgan fingerprint density at radius 3 is 2.70 bits per heavy atom. The average molecular weight is 292 g/mol. The van der Waals surface area contributed by atoms with E-state index in [-0.39, 0.29) is 0 Å². The summed E-state index contributed by atoms with van der Waals surface area (Å²) in [4.78, 5) is 6.66. The minimum absolute atomic E-state index is 0.404. The van der Waals surface area contributed by atoms with Crippen molar-refractivity contribution in [2.24, 2.45) is 22.6 Å². The van der Waals surface area contributed by atoms with Gasteiger partial charge in [0.1, 0.15) is 0 Å². The molecule has 0 saturated heterocycles. The van der Waals surface area contributed by atoms with Gasteiger partial charge in [-0.15, -0.1) is 0 Å². The summed E-state index contributed by atoms with van der Waals surface area (Å²) in [5.74, 6) is 2.19. The van der Waals surface area contributed by atoms with E-state index in [1.165, 1.54) is 25.7 Å². The molecule has 1 unspecified atom stereocenters. The second-order valence-electron chi connectivity index (χ2n) is 6.14. The highest BCUT2D eigenvalue weighted by molar-refractivity contribution is 6.30. The van der Waals surface area contributed by atoms with Crippen molar-refractivity contribution in [3.63, 3.8) is 0 Å². The Morgan fingerprint density at radius 2 is 2.00 bits per heavy atom. The summed E-state index contributed by atoms with van der Waals surface area (Å²) >= 11 is 6.12. The molecule has 1 heterocycles. The lowest BCUT2D eigenvalue weighted by Crippen LogP contribution is -2.45. The first-order valence-electron chi connectivity index (χ1n) is 7.50. The first-order chi connectivity index (χ1) is 9.65. The van der Waals surface area contributed by atoms with E-state index in [0.29, 0.717) is 17.9 Å². The number of hydrogen-bond donors (Lipinski definition) is 1. The number of nitrogens with two attached hydrogens (primary N) is 1. The Hall–Kier alpha value is -1.22. The number of nitrogens with zero attached hydrogens (tertiary/aromatic N) is 2. The number of anilines is 1. The normalized spacial score (nSPS) is 30.4. The van der Waals surface area contributed by atoms with Crippen LogP contribution in [0.1, 0.15) is 32.6 Å². The van der Waals surface area contributed by atoms with E-state index >= 15 is 0 Å². The van der Waals surface area contributed by atoms with Crippen LogP contribution in [-0.2, 0) is 0 Å². The molecule has 0 spiro atoms. The van der Waals surface area contributed by atoms with Gasteiger partial charge in [0.05, 0.1) is 12.6 Å². The lowest BCUT2D eigenvalue weighted by Gasteiger charge is -2.36. The summed E-state index contributed by atoms with van der Waals surface area (Å²) in [5, 5.41) is 0.748. The van der Waals surface area contributed by atoms with Gasteiger partial charge in [-0.1, -0.05) is 37.4 Å². The second kappa shape index (κ2) is 5.65. The fourth-order valence-electron chi connectivity index (χ4n) is 3.50. The van der Waals surface area contributed by atoms with E-state index < -0.39 is 0 Å². The van der Waals surface area contributed by atoms with Gasteiger partial charge in [-0.05, 0) is 42.9 Å². The van der Waals surface area contributed by atoms with E-state index in [1.54, 1.807) is 0 Å². The molecule has 1 aromatic carbocycles. The number of guanidine groups is 1. The van der Waals surface area contributed by atoms with Crippen LogP contribution in [0.15, 0.2) is 29.3 Å². The maximum Gasteiger partial charge on any atom is 0.196 e. The number of aliphatic imine (C=N–C) groups is 1. The van der Waals surface area contributed by atoms with Gasteiger partial charge in [-0.3, -0.25) is 4.99 Å². The van der Waals surface area contributed by atoms with Gasteiger partial charge in [0.2, 0.25) is 0 Å². The van der Waals surface area contributed by atoms with Crippen molar-refractivity contribution in [1.29, 1.82) is 0 Å². The summed E-state index contributed by atoms with van der Waals surface area (Å²) in [7, 11) is 0. The van der Waals surface area contributed by atoms with Gasteiger partial charge in [-0.25, -0.2) is 0 Å². The highest BCUT2D eigenvalue weighted by Crippen LogP contribution is 2.36. The topological polar surface area (TPSA) is 41.6 Å². The van der Waals surface area contributed by atoms with Crippen LogP contribution in [0.2, 0.25) is 5.02 Å². The van der Waals surface area contributed by atoms with Crippen LogP contribution in [0.3, 0.4) is 0 Å². The molecule has 0 bridgehead atoms. The molecule has 0 amide bonds. The summed E-state index contributed by atoms with van der Waals surface area (Å²) in [6.45, 7) is 3.17. The predicted molar refractivity (Wildman–Crippen MR) is 85.3 cm³/mol. The van der Waals surface area contributed by atoms with E-state index in [9.17, 15) is 0 Å². The highest BCUT2D eigenvalue weighted by Gasteiger charge is 2.35. The van der Waals surface area contributed by atoms with Gasteiger partial charge < -0.3 is 10.6 Å². The van der Waals surface area contributed by atoms with Crippen LogP contribution in [0.25, 0.3) is 0 Å². The van der Waals surface area contributed by atoms with Gasteiger partial charge in [-0.2, -0.15) is 0 Å². The molecule has 1 aliphatic heterocycles. The molecule has 1 aromatic rings. The standard InChI is InChI=1S/C16H22ClN3/c1-11-5-7-12(8-6-11)15-10-19-16(18)20(15)14-4-2-3-13(17)9-14/h2-4,9,11-12,15H,5-8,10H2,1H3,(H2,18,19). The minimum Gasteiger partial charge on any atom is -0.370 e. The molecular weight excluding hydrogens is 270 g/mol. The molecule has 1 atom stereocenters. The van der Waals surface area contributed by atoms with Gasteiger partial charge in [0.25, 0.3) is 0 Å². The third kappa shape index (κ3) is 2.64. The monoisotopic (exact) mass is 291 g/mol. The predicted octanol–water partition coefficient (Wildman–Crippen LogP) is 3.67. The molecule has 1 fully saturated rings. The van der Waals surface area contributed by atoms with Crippen LogP contribution in [0, 0.1) is 11.8 Å². The molecule has 3 nitrogen and oxygen atoms in total. The van der Waals surface area contributed by atoms with Crippen molar-refractivity contribution >= 4 is 23.2 Å². The molecule has 1 aliphatic carbocycles. The van der Waals surface area contributed by atoms with E-state index in [0.717, 1.165) is 23.2 Å². The van der Waals surface area contributed by atoms with Crippen molar-refractivity contribution in [3.05, 3.63) is 29.3 Å². The lowest BCUT2D eigenvalue weighted by atomic mass is 9.79. The van der Waals surface area contributed by atoms with Crippen molar-refractivity contribution < 1.29 is 0 Å². The van der Waals surface area contributed by atoms with Gasteiger partial charge >= 0.3 is 0 Å². The smallest absolute Gasteiger partial charge is 0.196 e. The fraction of sp³-hybridized carbons (Fsp3) is 0.562. The van der Waals surface area contributed by atoms with E-state index in [1.807, 2.05) is 18.2 Å². The molecular formula is C16H22ClN3. The third-order valence-electron chi connectivity index (χ3n) is 4.71. The average Bonchev–Trinajstić information content (AvgIpc) is 2.81. The Morgan fingerprint density at radius 1 is 1.25 bits per heavy atom. The molecule has 1 saturated carbocycles. The van der Waals surface area contributed by atoms with Crippen molar-refractivity contribution in [3.8, 4) is 0 Å². The molecule has 20 heavy (non-hydrogen) atoms. The summed E-state index contributed by atoms with van der Waals surface area (Å²) < 4.78 is 0. The largest absolute Gasteiger partial charge is 0.370 e. The van der Waals surface area contributed by atoms with Crippen molar-refractivity contribution in [2.45, 2.75) is 38.6 Å². The molecule has 0 radical (unpaired) electrons. The zero-order valence-electron chi connectivity index (χ0n) is 11.9. The second-order valence-corrected chi connectivity index (χ2v) is 6.57. The van der Waals surface area contributed by atoms with Crippen LogP contribution >= 0.6 is 11.6 Å². The number of rotatable bonds is 2. The van der Waals surface area contributed by atoms with Gasteiger partial charge in [0, 0.05) is 10.7 Å². The van der Waals surface area contributed by atoms with Crippen LogP contribution in [0.5, 0.6) is 0 Å². The van der Waals surface area contributed by atoms with Crippen LogP contribution in [-0.4, -0.2) is 18.5 Å². The zero-order chi connectivity index (χ0) is 14.1. The summed E-state index contributed by atoms with van der Waals surface area (Å²) in [6.07, 6.45) is 5.21.